The van der Waals surface area contributed by atoms with E-state index >= 15 is 0 Å². The molecular formula is C20H26IN5O. The minimum atomic E-state index is 0. The van der Waals surface area contributed by atoms with Crippen LogP contribution in [-0.2, 0) is 13.0 Å². The molecule has 3 aromatic rings. The van der Waals surface area contributed by atoms with E-state index < -0.39 is 0 Å². The van der Waals surface area contributed by atoms with Crippen molar-refractivity contribution < 1.29 is 4.74 Å². The summed E-state index contributed by atoms with van der Waals surface area (Å²) in [5, 5.41) is 7.94. The zero-order valence-corrected chi connectivity index (χ0v) is 18.0. The predicted molar refractivity (Wildman–Crippen MR) is 121 cm³/mol. The Kier molecular flexibility index (Phi) is 8.38. The molecule has 1 aromatic carbocycles. The number of rotatable bonds is 7. The van der Waals surface area contributed by atoms with Crippen molar-refractivity contribution >= 4 is 40.8 Å². The highest BCUT2D eigenvalue weighted by molar-refractivity contribution is 14.0. The van der Waals surface area contributed by atoms with E-state index in [2.05, 4.69) is 50.0 Å². The van der Waals surface area contributed by atoms with Crippen molar-refractivity contribution in [3.63, 3.8) is 0 Å². The first-order chi connectivity index (χ1) is 12.8. The van der Waals surface area contributed by atoms with Crippen LogP contribution in [0.2, 0.25) is 0 Å². The summed E-state index contributed by atoms with van der Waals surface area (Å²) in [6.45, 7) is 3.96. The number of para-hydroxylation sites is 1. The van der Waals surface area contributed by atoms with Gasteiger partial charge in [-0.3, -0.25) is 4.99 Å². The van der Waals surface area contributed by atoms with Gasteiger partial charge in [0.2, 0.25) is 5.88 Å². The first kappa shape index (κ1) is 21.0. The number of guanidine groups is 1. The Morgan fingerprint density at radius 3 is 2.81 bits per heavy atom. The number of halogens is 1. The first-order valence-corrected chi connectivity index (χ1v) is 8.88. The third-order valence-electron chi connectivity index (χ3n) is 4.16. The maximum Gasteiger partial charge on any atom is 0.218 e. The summed E-state index contributed by atoms with van der Waals surface area (Å²) in [5.74, 6) is 1.42. The van der Waals surface area contributed by atoms with E-state index in [9.17, 15) is 0 Å². The van der Waals surface area contributed by atoms with Crippen molar-refractivity contribution in [3.05, 3.63) is 59.9 Å². The standard InChI is InChI=1S/C20H25N5O.HI/c1-3-26-19-16(7-6-11-22-19)14-25-20(21-2)23-12-10-15-13-24-18-9-5-4-8-17(15)18;/h4-9,11,13,24H,3,10,12,14H2,1-2H3,(H2,21,23,25);1H. The fourth-order valence-corrected chi connectivity index (χ4v) is 2.88. The minimum Gasteiger partial charge on any atom is -0.478 e. The number of ether oxygens (including phenoxy) is 1. The number of nitrogens with one attached hydrogen (secondary N) is 3. The van der Waals surface area contributed by atoms with Crippen LogP contribution in [0.1, 0.15) is 18.1 Å². The molecule has 0 radical (unpaired) electrons. The fourth-order valence-electron chi connectivity index (χ4n) is 2.88. The molecule has 2 heterocycles. The van der Waals surface area contributed by atoms with Gasteiger partial charge >= 0.3 is 0 Å². The molecule has 0 saturated carbocycles. The van der Waals surface area contributed by atoms with Crippen LogP contribution in [0.4, 0.5) is 0 Å². The van der Waals surface area contributed by atoms with Crippen LogP contribution in [-0.4, -0.2) is 36.1 Å². The van der Waals surface area contributed by atoms with Crippen molar-refractivity contribution in [2.45, 2.75) is 19.9 Å². The summed E-state index contributed by atoms with van der Waals surface area (Å²) in [6, 6.07) is 12.3. The molecule has 0 fully saturated rings. The zero-order chi connectivity index (χ0) is 18.2. The van der Waals surface area contributed by atoms with Gasteiger partial charge in [0, 0.05) is 49.0 Å². The van der Waals surface area contributed by atoms with Gasteiger partial charge < -0.3 is 20.4 Å². The number of aromatic nitrogens is 2. The van der Waals surface area contributed by atoms with Gasteiger partial charge in [-0.25, -0.2) is 4.98 Å². The number of nitrogens with zero attached hydrogens (tertiary/aromatic N) is 2. The molecule has 0 aliphatic rings. The molecule has 0 aliphatic carbocycles. The molecule has 27 heavy (non-hydrogen) atoms. The van der Waals surface area contributed by atoms with E-state index in [1.54, 1.807) is 13.2 Å². The molecule has 6 nitrogen and oxygen atoms in total. The normalized spacial score (nSPS) is 11.1. The quantitative estimate of drug-likeness (QED) is 0.276. The highest BCUT2D eigenvalue weighted by Gasteiger charge is 2.06. The number of fused-ring (bicyclic) bond motifs is 1. The number of benzene rings is 1. The van der Waals surface area contributed by atoms with Crippen LogP contribution in [0, 0.1) is 0 Å². The lowest BCUT2D eigenvalue weighted by atomic mass is 10.1. The molecule has 0 bridgehead atoms. The van der Waals surface area contributed by atoms with E-state index in [1.165, 1.54) is 16.5 Å². The van der Waals surface area contributed by atoms with Crippen LogP contribution in [0.25, 0.3) is 10.9 Å². The SMILES string of the molecule is CCOc1ncccc1CNC(=NC)NCCc1c[nH]c2ccccc12.I. The monoisotopic (exact) mass is 479 g/mol. The molecule has 0 unspecified atom stereocenters. The summed E-state index contributed by atoms with van der Waals surface area (Å²) in [7, 11) is 1.77. The second kappa shape index (κ2) is 10.8. The smallest absolute Gasteiger partial charge is 0.218 e. The van der Waals surface area contributed by atoms with Crippen molar-refractivity contribution in [1.29, 1.82) is 0 Å². The number of aromatic amines is 1. The molecule has 0 saturated heterocycles. The molecule has 7 heteroatoms. The predicted octanol–water partition coefficient (Wildman–Crippen LogP) is 3.49. The number of hydrogen-bond donors (Lipinski definition) is 3. The molecule has 0 atom stereocenters. The number of H-pyrrole nitrogens is 1. The highest BCUT2D eigenvalue weighted by atomic mass is 127. The third kappa shape index (κ3) is 5.59. The summed E-state index contributed by atoms with van der Waals surface area (Å²) in [6.07, 6.45) is 4.73. The van der Waals surface area contributed by atoms with Gasteiger partial charge in [0.1, 0.15) is 0 Å². The van der Waals surface area contributed by atoms with Crippen molar-refractivity contribution in [1.82, 2.24) is 20.6 Å². The minimum absolute atomic E-state index is 0. The number of hydrogen-bond acceptors (Lipinski definition) is 3. The second-order valence-electron chi connectivity index (χ2n) is 5.86. The van der Waals surface area contributed by atoms with Crippen molar-refractivity contribution in [2.75, 3.05) is 20.2 Å². The van der Waals surface area contributed by atoms with Gasteiger partial charge in [-0.1, -0.05) is 24.3 Å². The van der Waals surface area contributed by atoms with E-state index in [-0.39, 0.29) is 24.0 Å². The van der Waals surface area contributed by atoms with Crippen LogP contribution in [0.3, 0.4) is 0 Å². The lowest BCUT2D eigenvalue weighted by Gasteiger charge is -2.13. The van der Waals surface area contributed by atoms with Gasteiger partial charge in [-0.2, -0.15) is 0 Å². The van der Waals surface area contributed by atoms with Crippen LogP contribution < -0.4 is 15.4 Å². The molecule has 144 valence electrons. The Hall–Kier alpha value is -2.29. The Morgan fingerprint density at radius 2 is 2.00 bits per heavy atom. The average molecular weight is 479 g/mol. The largest absolute Gasteiger partial charge is 0.478 e. The Labute approximate surface area is 176 Å². The highest BCUT2D eigenvalue weighted by Crippen LogP contribution is 2.17. The van der Waals surface area contributed by atoms with Gasteiger partial charge in [-0.15, -0.1) is 24.0 Å². The topological polar surface area (TPSA) is 74.3 Å². The molecule has 2 aromatic heterocycles. The molecule has 0 aliphatic heterocycles. The van der Waals surface area contributed by atoms with Crippen molar-refractivity contribution in [3.8, 4) is 5.88 Å². The Balaban J connectivity index is 0.00000261. The molecule has 0 amide bonds. The van der Waals surface area contributed by atoms with Crippen LogP contribution >= 0.6 is 24.0 Å². The molecule has 3 rings (SSSR count). The zero-order valence-electron chi connectivity index (χ0n) is 15.7. The summed E-state index contributed by atoms with van der Waals surface area (Å²) in [4.78, 5) is 11.9. The second-order valence-corrected chi connectivity index (χ2v) is 5.86. The Morgan fingerprint density at radius 1 is 1.15 bits per heavy atom. The first-order valence-electron chi connectivity index (χ1n) is 8.88. The number of pyridine rings is 1. The molecule has 3 N–H and O–H groups in total. The third-order valence-corrected chi connectivity index (χ3v) is 4.16. The maximum absolute atomic E-state index is 5.56. The Bertz CT molecular complexity index is 877. The van der Waals surface area contributed by atoms with Gasteiger partial charge in [-0.05, 0) is 31.0 Å². The van der Waals surface area contributed by atoms with E-state index in [4.69, 9.17) is 4.74 Å². The van der Waals surface area contributed by atoms with Gasteiger partial charge in [0.05, 0.1) is 6.61 Å². The summed E-state index contributed by atoms with van der Waals surface area (Å²) < 4.78 is 5.56. The number of aliphatic imine (C=N–C) groups is 1. The molecular weight excluding hydrogens is 453 g/mol. The van der Waals surface area contributed by atoms with Crippen molar-refractivity contribution in [2.24, 2.45) is 4.99 Å². The molecule has 0 spiro atoms. The fraction of sp³-hybridized carbons (Fsp3) is 0.300. The van der Waals surface area contributed by atoms with Gasteiger partial charge in [0.15, 0.2) is 5.96 Å². The van der Waals surface area contributed by atoms with Crippen LogP contribution in [0.15, 0.2) is 53.8 Å². The lowest BCUT2D eigenvalue weighted by Crippen LogP contribution is -2.37. The maximum atomic E-state index is 5.56. The van der Waals surface area contributed by atoms with Gasteiger partial charge in [0.25, 0.3) is 0 Å². The van der Waals surface area contributed by atoms with Crippen LogP contribution in [0.5, 0.6) is 5.88 Å². The van der Waals surface area contributed by atoms with E-state index in [0.717, 1.165) is 24.5 Å². The van der Waals surface area contributed by atoms with E-state index in [0.29, 0.717) is 19.0 Å². The summed E-state index contributed by atoms with van der Waals surface area (Å²) >= 11 is 0. The van der Waals surface area contributed by atoms with E-state index in [1.807, 2.05) is 25.1 Å². The average Bonchev–Trinajstić information content (AvgIpc) is 3.09. The lowest BCUT2D eigenvalue weighted by molar-refractivity contribution is 0.322. The summed E-state index contributed by atoms with van der Waals surface area (Å²) in [5.41, 5.74) is 3.48.